The number of β-lactam (4-membered cyclic amide) rings is 1. The second kappa shape index (κ2) is 6.62. The van der Waals surface area contributed by atoms with Crippen LogP contribution < -0.4 is 4.90 Å². The van der Waals surface area contributed by atoms with E-state index in [0.717, 1.165) is 38.2 Å². The maximum atomic E-state index is 12.6. The molecule has 1 N–H and O–H groups in total. The molecule has 2 fully saturated rings. The molecule has 2 aliphatic heterocycles. The Morgan fingerprint density at radius 2 is 1.56 bits per heavy atom. The first-order chi connectivity index (χ1) is 12.2. The van der Waals surface area contributed by atoms with E-state index in [0.29, 0.717) is 0 Å². The Labute approximate surface area is 148 Å². The number of para-hydroxylation sites is 1. The van der Waals surface area contributed by atoms with E-state index in [-0.39, 0.29) is 24.0 Å². The summed E-state index contributed by atoms with van der Waals surface area (Å²) in [6, 6.07) is 20.4. The highest BCUT2D eigenvalue weighted by atomic mass is 16.3. The molecule has 2 saturated heterocycles. The quantitative estimate of drug-likeness (QED) is 0.873. The highest BCUT2D eigenvalue weighted by Crippen LogP contribution is 2.48. The first-order valence-corrected chi connectivity index (χ1v) is 9.01. The normalized spacial score (nSPS) is 22.8. The number of rotatable bonds is 4. The third-order valence-electron chi connectivity index (χ3n) is 5.78. The van der Waals surface area contributed by atoms with E-state index in [4.69, 9.17) is 0 Å². The monoisotopic (exact) mass is 336 g/mol. The molecule has 0 saturated carbocycles. The van der Waals surface area contributed by atoms with Gasteiger partial charge in [-0.25, -0.2) is 0 Å². The van der Waals surface area contributed by atoms with E-state index in [1.165, 1.54) is 5.56 Å². The first-order valence-electron chi connectivity index (χ1n) is 9.01. The van der Waals surface area contributed by atoms with Gasteiger partial charge in [-0.05, 0) is 30.5 Å². The summed E-state index contributed by atoms with van der Waals surface area (Å²) in [7, 11) is 0. The molecular weight excluding hydrogens is 312 g/mol. The van der Waals surface area contributed by atoms with Gasteiger partial charge in [-0.2, -0.15) is 0 Å². The summed E-state index contributed by atoms with van der Waals surface area (Å²) in [6.45, 7) is 2.78. The Morgan fingerprint density at radius 3 is 2.16 bits per heavy atom. The zero-order chi connectivity index (χ0) is 17.3. The van der Waals surface area contributed by atoms with E-state index in [2.05, 4.69) is 29.2 Å². The Kier molecular flexibility index (Phi) is 4.32. The van der Waals surface area contributed by atoms with Gasteiger partial charge >= 0.3 is 0 Å². The molecule has 1 spiro atoms. The number of aliphatic hydroxyl groups is 1. The average Bonchev–Trinajstić information content (AvgIpc) is 2.65. The van der Waals surface area contributed by atoms with Gasteiger partial charge in [0.15, 0.2) is 0 Å². The summed E-state index contributed by atoms with van der Waals surface area (Å²) in [4.78, 5) is 17.0. The van der Waals surface area contributed by atoms with Crippen LogP contribution in [0.4, 0.5) is 5.69 Å². The van der Waals surface area contributed by atoms with Crippen molar-refractivity contribution in [1.29, 1.82) is 0 Å². The molecule has 25 heavy (non-hydrogen) atoms. The summed E-state index contributed by atoms with van der Waals surface area (Å²) in [5, 5.41) is 9.78. The molecule has 1 atom stereocenters. The highest BCUT2D eigenvalue weighted by molar-refractivity contribution is 6.05. The van der Waals surface area contributed by atoms with Crippen molar-refractivity contribution in [3.63, 3.8) is 0 Å². The van der Waals surface area contributed by atoms with Gasteiger partial charge in [-0.3, -0.25) is 9.69 Å². The summed E-state index contributed by atoms with van der Waals surface area (Å²) >= 11 is 0. The summed E-state index contributed by atoms with van der Waals surface area (Å²) in [5.41, 5.74) is 2.05. The van der Waals surface area contributed by atoms with Crippen LogP contribution in [0.5, 0.6) is 0 Å². The second-order valence-electron chi connectivity index (χ2n) is 7.11. The minimum Gasteiger partial charge on any atom is -0.395 e. The molecule has 2 aromatic carbocycles. The number of hydrogen-bond acceptors (Lipinski definition) is 3. The second-order valence-corrected chi connectivity index (χ2v) is 7.11. The van der Waals surface area contributed by atoms with Crippen LogP contribution >= 0.6 is 0 Å². The fourth-order valence-corrected chi connectivity index (χ4v) is 4.42. The molecule has 4 rings (SSSR count). The zero-order valence-electron chi connectivity index (χ0n) is 14.3. The van der Waals surface area contributed by atoms with E-state index in [1.807, 2.05) is 41.3 Å². The van der Waals surface area contributed by atoms with Gasteiger partial charge in [0.05, 0.1) is 18.1 Å². The summed E-state index contributed by atoms with van der Waals surface area (Å²) < 4.78 is 0. The molecule has 0 aliphatic carbocycles. The van der Waals surface area contributed by atoms with Crippen LogP contribution in [-0.2, 0) is 11.3 Å². The molecule has 2 aliphatic rings. The third kappa shape index (κ3) is 2.75. The number of likely N-dealkylation sites (tertiary alicyclic amines) is 1. The first kappa shape index (κ1) is 16.3. The average molecular weight is 336 g/mol. The van der Waals surface area contributed by atoms with Crippen molar-refractivity contribution in [2.45, 2.75) is 24.9 Å². The number of anilines is 1. The number of aliphatic hydroxyl groups excluding tert-OH is 1. The van der Waals surface area contributed by atoms with Crippen molar-refractivity contribution >= 4 is 11.6 Å². The van der Waals surface area contributed by atoms with Crippen molar-refractivity contribution < 1.29 is 9.90 Å². The van der Waals surface area contributed by atoms with Crippen LogP contribution in [0.15, 0.2) is 60.7 Å². The van der Waals surface area contributed by atoms with Crippen LogP contribution in [0.2, 0.25) is 0 Å². The molecule has 0 bridgehead atoms. The van der Waals surface area contributed by atoms with Crippen LogP contribution in [0.3, 0.4) is 0 Å². The number of benzene rings is 2. The smallest absolute Gasteiger partial charge is 0.235 e. The lowest BCUT2D eigenvalue weighted by Crippen LogP contribution is -2.75. The Balaban J connectivity index is 1.50. The van der Waals surface area contributed by atoms with E-state index >= 15 is 0 Å². The molecule has 0 aromatic heterocycles. The molecule has 2 aromatic rings. The van der Waals surface area contributed by atoms with Crippen LogP contribution in [0.1, 0.15) is 18.4 Å². The molecule has 4 heteroatoms. The van der Waals surface area contributed by atoms with Gasteiger partial charge in [0.1, 0.15) is 0 Å². The van der Waals surface area contributed by atoms with E-state index in [1.54, 1.807) is 0 Å². The standard InChI is InChI=1S/C21H24N2O2/c24-16-19-20(25)23(18-9-5-2-6-10-18)21(19)11-13-22(14-12-21)15-17-7-3-1-4-8-17/h1-10,19,24H,11-16H2/t19-/m0/s1. The number of amides is 1. The number of piperidine rings is 1. The van der Waals surface area contributed by atoms with Gasteiger partial charge < -0.3 is 10.0 Å². The fourth-order valence-electron chi connectivity index (χ4n) is 4.42. The molecule has 1 amide bonds. The fraction of sp³-hybridized carbons (Fsp3) is 0.381. The van der Waals surface area contributed by atoms with E-state index < -0.39 is 0 Å². The Bertz CT molecular complexity index is 724. The molecular formula is C21H24N2O2. The van der Waals surface area contributed by atoms with Gasteiger partial charge in [-0.1, -0.05) is 48.5 Å². The Morgan fingerprint density at radius 1 is 0.960 bits per heavy atom. The van der Waals surface area contributed by atoms with Crippen LogP contribution in [-0.4, -0.2) is 41.1 Å². The minimum atomic E-state index is -0.258. The van der Waals surface area contributed by atoms with Crippen molar-refractivity contribution in [2.75, 3.05) is 24.6 Å². The topological polar surface area (TPSA) is 43.8 Å². The molecule has 0 unspecified atom stereocenters. The van der Waals surface area contributed by atoms with Crippen LogP contribution in [0.25, 0.3) is 0 Å². The van der Waals surface area contributed by atoms with Gasteiger partial charge in [-0.15, -0.1) is 0 Å². The van der Waals surface area contributed by atoms with Gasteiger partial charge in [0, 0.05) is 25.3 Å². The summed E-state index contributed by atoms with van der Waals surface area (Å²) in [5.74, 6) is -0.197. The largest absolute Gasteiger partial charge is 0.395 e. The lowest BCUT2D eigenvalue weighted by Gasteiger charge is -2.60. The van der Waals surface area contributed by atoms with Crippen molar-refractivity contribution in [3.8, 4) is 0 Å². The maximum Gasteiger partial charge on any atom is 0.235 e. The lowest BCUT2D eigenvalue weighted by atomic mass is 9.67. The maximum absolute atomic E-state index is 12.6. The number of carbonyl (C=O) groups excluding carboxylic acids is 1. The highest BCUT2D eigenvalue weighted by Gasteiger charge is 2.60. The molecule has 130 valence electrons. The van der Waals surface area contributed by atoms with Crippen molar-refractivity contribution in [3.05, 3.63) is 66.2 Å². The lowest BCUT2D eigenvalue weighted by molar-refractivity contribution is -0.140. The number of hydrogen-bond donors (Lipinski definition) is 1. The minimum absolute atomic E-state index is 0.0547. The molecule has 0 radical (unpaired) electrons. The van der Waals surface area contributed by atoms with Crippen molar-refractivity contribution in [2.24, 2.45) is 5.92 Å². The van der Waals surface area contributed by atoms with Crippen LogP contribution in [0, 0.1) is 5.92 Å². The van der Waals surface area contributed by atoms with Gasteiger partial charge in [0.2, 0.25) is 5.91 Å². The van der Waals surface area contributed by atoms with Crippen molar-refractivity contribution in [1.82, 2.24) is 4.90 Å². The van der Waals surface area contributed by atoms with E-state index in [9.17, 15) is 9.90 Å². The van der Waals surface area contributed by atoms with Gasteiger partial charge in [0.25, 0.3) is 0 Å². The molecule has 4 nitrogen and oxygen atoms in total. The third-order valence-corrected chi connectivity index (χ3v) is 5.78. The SMILES string of the molecule is O=C1[C@H](CO)C2(CCN(Cc3ccccc3)CC2)N1c1ccccc1. The zero-order valence-corrected chi connectivity index (χ0v) is 14.3. The predicted molar refractivity (Wildman–Crippen MR) is 98.2 cm³/mol. The predicted octanol–water partition coefficient (Wildman–Crippen LogP) is 2.68. The number of nitrogens with zero attached hydrogens (tertiary/aromatic N) is 2. The number of carbonyl (C=O) groups is 1. The molecule has 2 heterocycles. The Hall–Kier alpha value is -2.17. The summed E-state index contributed by atoms with van der Waals surface area (Å²) in [6.07, 6.45) is 1.82.